The van der Waals surface area contributed by atoms with Crippen LogP contribution in [0.15, 0.2) is 23.1 Å². The van der Waals surface area contributed by atoms with Crippen molar-refractivity contribution in [2.75, 3.05) is 33.0 Å². The van der Waals surface area contributed by atoms with Crippen molar-refractivity contribution < 1.29 is 17.9 Å². The molecule has 3 aliphatic heterocycles. The van der Waals surface area contributed by atoms with E-state index < -0.39 is 10.0 Å². The molecule has 1 unspecified atom stereocenters. The van der Waals surface area contributed by atoms with Crippen molar-refractivity contribution in [2.24, 2.45) is 5.92 Å². The van der Waals surface area contributed by atoms with Gasteiger partial charge in [0.05, 0.1) is 4.90 Å². The number of piperidine rings is 1. The molecule has 144 valence electrons. The molecule has 0 amide bonds. The molecule has 0 radical (unpaired) electrons. The number of sulfonamides is 1. The van der Waals surface area contributed by atoms with E-state index in [4.69, 9.17) is 9.47 Å². The van der Waals surface area contributed by atoms with Crippen LogP contribution in [-0.4, -0.2) is 56.6 Å². The van der Waals surface area contributed by atoms with Gasteiger partial charge < -0.3 is 14.4 Å². The Kier molecular flexibility index (Phi) is 5.12. The van der Waals surface area contributed by atoms with Crippen LogP contribution >= 0.6 is 0 Å². The second-order valence-electron chi connectivity index (χ2n) is 7.74. The maximum absolute atomic E-state index is 13.2. The summed E-state index contributed by atoms with van der Waals surface area (Å²) in [5.41, 5.74) is 0. The number of nitrogens with zero attached hydrogens (tertiary/aromatic N) is 2. The van der Waals surface area contributed by atoms with E-state index in [0.717, 1.165) is 44.8 Å². The highest BCUT2D eigenvalue weighted by Gasteiger charge is 2.36. The lowest BCUT2D eigenvalue weighted by Crippen LogP contribution is -2.40. The van der Waals surface area contributed by atoms with Crippen molar-refractivity contribution in [3.05, 3.63) is 18.2 Å². The lowest BCUT2D eigenvalue weighted by atomic mass is 9.99. The van der Waals surface area contributed by atoms with Gasteiger partial charge in [-0.25, -0.2) is 8.42 Å². The molecule has 1 atom stereocenters. The summed E-state index contributed by atoms with van der Waals surface area (Å²) in [6, 6.07) is 5.02. The minimum Gasteiger partial charge on any atom is -0.454 e. The maximum atomic E-state index is 13.2. The van der Waals surface area contributed by atoms with Gasteiger partial charge in [-0.3, -0.25) is 0 Å². The lowest BCUT2D eigenvalue weighted by Gasteiger charge is -2.32. The molecule has 0 aromatic heterocycles. The van der Waals surface area contributed by atoms with E-state index in [1.54, 1.807) is 22.5 Å². The van der Waals surface area contributed by atoms with Gasteiger partial charge in [0, 0.05) is 18.7 Å². The Morgan fingerprint density at radius 3 is 2.65 bits per heavy atom. The quantitative estimate of drug-likeness (QED) is 0.786. The molecule has 2 saturated heterocycles. The molecule has 0 N–H and O–H groups in total. The summed E-state index contributed by atoms with van der Waals surface area (Å²) in [5.74, 6) is 1.95. The Bertz CT molecular complexity index is 744. The molecular weight excluding hydrogens is 352 g/mol. The highest BCUT2D eigenvalue weighted by Crippen LogP contribution is 2.36. The number of benzene rings is 1. The van der Waals surface area contributed by atoms with E-state index in [2.05, 4.69) is 11.8 Å². The van der Waals surface area contributed by atoms with Crippen LogP contribution in [0.4, 0.5) is 0 Å². The number of hydrogen-bond acceptors (Lipinski definition) is 5. The molecule has 0 bridgehead atoms. The van der Waals surface area contributed by atoms with E-state index in [9.17, 15) is 8.42 Å². The third-order valence-electron chi connectivity index (χ3n) is 5.93. The Balaban J connectivity index is 1.43. The van der Waals surface area contributed by atoms with Gasteiger partial charge in [-0.1, -0.05) is 6.92 Å². The Hall–Kier alpha value is -1.31. The van der Waals surface area contributed by atoms with Crippen molar-refractivity contribution in [3.8, 4) is 11.5 Å². The first-order valence-corrected chi connectivity index (χ1v) is 11.1. The first-order valence-electron chi connectivity index (χ1n) is 9.68. The molecule has 26 heavy (non-hydrogen) atoms. The highest BCUT2D eigenvalue weighted by atomic mass is 32.2. The summed E-state index contributed by atoms with van der Waals surface area (Å²) in [6.07, 6.45) is 5.31. The molecule has 0 spiro atoms. The van der Waals surface area contributed by atoms with E-state index in [0.29, 0.717) is 22.9 Å². The van der Waals surface area contributed by atoms with Crippen molar-refractivity contribution in [1.29, 1.82) is 0 Å². The molecule has 1 aromatic rings. The average molecular weight is 381 g/mol. The van der Waals surface area contributed by atoms with Crippen molar-refractivity contribution in [2.45, 2.75) is 50.0 Å². The van der Waals surface area contributed by atoms with Crippen molar-refractivity contribution in [3.63, 3.8) is 0 Å². The Labute approximate surface area is 156 Å². The normalized spacial score (nSPS) is 25.0. The average Bonchev–Trinajstić information content (AvgIpc) is 3.30. The zero-order chi connectivity index (χ0) is 18.1. The van der Waals surface area contributed by atoms with Gasteiger partial charge in [0.15, 0.2) is 11.5 Å². The second-order valence-corrected chi connectivity index (χ2v) is 9.63. The summed E-state index contributed by atoms with van der Waals surface area (Å²) >= 11 is 0. The molecule has 7 heteroatoms. The fourth-order valence-corrected chi connectivity index (χ4v) is 5.94. The SMILES string of the molecule is CC1CCN(CCC2CCCN2S(=O)(=O)c2ccc3c(c2)OCO3)CC1. The van der Waals surface area contributed by atoms with Crippen LogP contribution in [0, 0.1) is 5.92 Å². The molecular formula is C19H28N2O4S. The topological polar surface area (TPSA) is 59.1 Å². The number of hydrogen-bond donors (Lipinski definition) is 0. The predicted molar refractivity (Wildman–Crippen MR) is 98.9 cm³/mol. The molecule has 4 rings (SSSR count). The van der Waals surface area contributed by atoms with Crippen LogP contribution in [0.1, 0.15) is 39.0 Å². The summed E-state index contributed by atoms with van der Waals surface area (Å²) < 4.78 is 38.7. The first kappa shape index (κ1) is 18.1. The monoisotopic (exact) mass is 380 g/mol. The zero-order valence-corrected chi connectivity index (χ0v) is 16.2. The molecule has 1 aromatic carbocycles. The summed E-state index contributed by atoms with van der Waals surface area (Å²) in [5, 5.41) is 0. The van der Waals surface area contributed by atoms with Crippen LogP contribution in [0.5, 0.6) is 11.5 Å². The summed E-state index contributed by atoms with van der Waals surface area (Å²) in [4.78, 5) is 2.80. The number of fused-ring (bicyclic) bond motifs is 1. The predicted octanol–water partition coefficient (Wildman–Crippen LogP) is 2.69. The van der Waals surface area contributed by atoms with E-state index in [-0.39, 0.29) is 12.8 Å². The van der Waals surface area contributed by atoms with Crippen LogP contribution < -0.4 is 9.47 Å². The van der Waals surface area contributed by atoms with Gasteiger partial charge in [0.25, 0.3) is 0 Å². The van der Waals surface area contributed by atoms with Crippen molar-refractivity contribution in [1.82, 2.24) is 9.21 Å². The summed E-state index contributed by atoms with van der Waals surface area (Å²) in [7, 11) is -3.49. The molecule has 0 aliphatic carbocycles. The number of likely N-dealkylation sites (tertiary alicyclic amines) is 1. The molecule has 3 aliphatic rings. The molecule has 2 fully saturated rings. The van der Waals surface area contributed by atoms with E-state index in [1.165, 1.54) is 12.8 Å². The van der Waals surface area contributed by atoms with Crippen molar-refractivity contribution >= 4 is 10.0 Å². The molecule has 3 heterocycles. The van der Waals surface area contributed by atoms with Crippen LogP contribution in [0.2, 0.25) is 0 Å². The van der Waals surface area contributed by atoms with Gasteiger partial charge in [0.2, 0.25) is 16.8 Å². The Morgan fingerprint density at radius 1 is 1.08 bits per heavy atom. The van der Waals surface area contributed by atoms with Gasteiger partial charge in [0.1, 0.15) is 0 Å². The number of ether oxygens (including phenoxy) is 2. The third-order valence-corrected chi connectivity index (χ3v) is 7.88. The smallest absolute Gasteiger partial charge is 0.243 e. The zero-order valence-electron chi connectivity index (χ0n) is 15.4. The fraction of sp³-hybridized carbons (Fsp3) is 0.684. The maximum Gasteiger partial charge on any atom is 0.243 e. The van der Waals surface area contributed by atoms with Gasteiger partial charge in [-0.15, -0.1) is 0 Å². The fourth-order valence-electron chi connectivity index (χ4n) is 4.20. The minimum absolute atomic E-state index is 0.102. The van der Waals surface area contributed by atoms with E-state index in [1.807, 2.05) is 0 Å². The summed E-state index contributed by atoms with van der Waals surface area (Å²) in [6.45, 7) is 6.35. The Morgan fingerprint density at radius 2 is 1.85 bits per heavy atom. The second kappa shape index (κ2) is 7.37. The van der Waals surface area contributed by atoms with Gasteiger partial charge in [-0.2, -0.15) is 4.31 Å². The number of rotatable bonds is 5. The molecule has 6 nitrogen and oxygen atoms in total. The van der Waals surface area contributed by atoms with Crippen LogP contribution in [-0.2, 0) is 10.0 Å². The lowest BCUT2D eigenvalue weighted by molar-refractivity contribution is 0.174. The van der Waals surface area contributed by atoms with Crippen LogP contribution in [0.25, 0.3) is 0 Å². The van der Waals surface area contributed by atoms with E-state index >= 15 is 0 Å². The van der Waals surface area contributed by atoms with Crippen LogP contribution in [0.3, 0.4) is 0 Å². The highest BCUT2D eigenvalue weighted by molar-refractivity contribution is 7.89. The first-order chi connectivity index (χ1) is 12.5. The largest absolute Gasteiger partial charge is 0.454 e. The van der Waals surface area contributed by atoms with Gasteiger partial charge >= 0.3 is 0 Å². The third kappa shape index (κ3) is 3.57. The minimum atomic E-state index is -3.49. The standard InChI is InChI=1S/C19H28N2O4S/c1-15-6-10-20(11-7-15)12-8-16-3-2-9-21(16)26(22,23)17-4-5-18-19(13-17)25-14-24-18/h4-5,13,15-16H,2-3,6-12,14H2,1H3. The molecule has 0 saturated carbocycles. The van der Waals surface area contributed by atoms with Gasteiger partial charge in [-0.05, 0) is 69.8 Å².